The van der Waals surface area contributed by atoms with E-state index < -0.39 is 0 Å². The van der Waals surface area contributed by atoms with E-state index in [4.69, 9.17) is 23.2 Å². The van der Waals surface area contributed by atoms with Gasteiger partial charge in [0.25, 0.3) is 0 Å². The number of alkyl halides is 2. The molecule has 0 amide bonds. The van der Waals surface area contributed by atoms with Gasteiger partial charge in [-0.05, 0) is 19.4 Å². The Balaban J connectivity index is 0.00000121. The number of hydrogen-bond donors (Lipinski definition) is 0. The molecule has 0 aromatic heterocycles. The monoisotopic (exact) mass is 275 g/mol. The second-order valence-electron chi connectivity index (χ2n) is 3.03. The third kappa shape index (κ3) is 3.82. The van der Waals surface area contributed by atoms with Crippen LogP contribution in [0.15, 0.2) is 0 Å². The molecule has 1 aliphatic rings. The number of likely N-dealkylation sites (tertiary alicyclic amines) is 1. The number of nitrogens with zero attached hydrogens (tertiary/aromatic N) is 1. The molecular formula is C8H16BrCl2N. The molecule has 0 bridgehead atoms. The van der Waals surface area contributed by atoms with Crippen molar-refractivity contribution in [2.75, 3.05) is 24.8 Å². The Morgan fingerprint density at radius 1 is 1.25 bits per heavy atom. The van der Waals surface area contributed by atoms with Crippen molar-refractivity contribution in [2.24, 2.45) is 0 Å². The summed E-state index contributed by atoms with van der Waals surface area (Å²) >= 11 is 11.5. The van der Waals surface area contributed by atoms with Crippen LogP contribution < -0.4 is 0 Å². The zero-order valence-corrected chi connectivity index (χ0v) is 10.4. The average molecular weight is 277 g/mol. The molecule has 1 fully saturated rings. The van der Waals surface area contributed by atoms with Crippen molar-refractivity contribution in [3.63, 3.8) is 0 Å². The van der Waals surface area contributed by atoms with Crippen molar-refractivity contribution in [2.45, 2.75) is 25.3 Å². The molecule has 12 heavy (non-hydrogen) atoms. The second kappa shape index (κ2) is 7.43. The maximum atomic E-state index is 5.83. The van der Waals surface area contributed by atoms with Gasteiger partial charge in [0.15, 0.2) is 0 Å². The molecule has 74 valence electrons. The van der Waals surface area contributed by atoms with Gasteiger partial charge in [-0.1, -0.05) is 6.42 Å². The van der Waals surface area contributed by atoms with Gasteiger partial charge in [0.2, 0.25) is 0 Å². The summed E-state index contributed by atoms with van der Waals surface area (Å²) in [6.45, 7) is 2.18. The van der Waals surface area contributed by atoms with Gasteiger partial charge in [0, 0.05) is 24.3 Å². The van der Waals surface area contributed by atoms with Crippen LogP contribution in [0.4, 0.5) is 0 Å². The van der Waals surface area contributed by atoms with Crippen molar-refractivity contribution < 1.29 is 0 Å². The maximum absolute atomic E-state index is 5.83. The summed E-state index contributed by atoms with van der Waals surface area (Å²) in [5, 5.41) is 0. The summed E-state index contributed by atoms with van der Waals surface area (Å²) in [5.41, 5.74) is 0. The molecule has 1 saturated heterocycles. The van der Waals surface area contributed by atoms with Crippen LogP contribution in [0.5, 0.6) is 0 Å². The molecule has 1 unspecified atom stereocenters. The number of rotatable bonds is 3. The fraction of sp³-hybridized carbons (Fsp3) is 1.00. The first kappa shape index (κ1) is 13.0. The molecule has 0 spiro atoms. The van der Waals surface area contributed by atoms with Gasteiger partial charge >= 0.3 is 0 Å². The minimum Gasteiger partial charge on any atom is -0.298 e. The van der Waals surface area contributed by atoms with Crippen molar-refractivity contribution in [3.8, 4) is 0 Å². The van der Waals surface area contributed by atoms with Gasteiger partial charge in [-0.2, -0.15) is 0 Å². The molecule has 1 aliphatic heterocycles. The van der Waals surface area contributed by atoms with Crippen LogP contribution in [0.2, 0.25) is 0 Å². The topological polar surface area (TPSA) is 3.24 Å². The average Bonchev–Trinajstić information content (AvgIpc) is 2.06. The Labute approximate surface area is 95.2 Å². The summed E-state index contributed by atoms with van der Waals surface area (Å²) in [6, 6.07) is 0.587. The molecule has 0 radical (unpaired) electrons. The van der Waals surface area contributed by atoms with E-state index in [0.717, 1.165) is 18.3 Å². The largest absolute Gasteiger partial charge is 0.298 e. The van der Waals surface area contributed by atoms with E-state index in [1.807, 2.05) is 0 Å². The van der Waals surface area contributed by atoms with Crippen molar-refractivity contribution in [1.29, 1.82) is 0 Å². The van der Waals surface area contributed by atoms with Crippen LogP contribution in [0.3, 0.4) is 0 Å². The minimum atomic E-state index is 0. The second-order valence-corrected chi connectivity index (χ2v) is 3.72. The molecule has 1 heterocycles. The van der Waals surface area contributed by atoms with Crippen molar-refractivity contribution >= 4 is 40.2 Å². The number of hydrogen-bond acceptors (Lipinski definition) is 1. The Morgan fingerprint density at radius 3 is 2.58 bits per heavy atom. The van der Waals surface area contributed by atoms with E-state index in [2.05, 4.69) is 4.90 Å². The lowest BCUT2D eigenvalue weighted by Gasteiger charge is -2.33. The molecule has 4 heteroatoms. The predicted octanol–water partition coefficient (Wildman–Crippen LogP) is 2.90. The minimum absolute atomic E-state index is 0. The lowest BCUT2D eigenvalue weighted by atomic mass is 10.0. The van der Waals surface area contributed by atoms with E-state index in [1.54, 1.807) is 0 Å². The highest BCUT2D eigenvalue weighted by molar-refractivity contribution is 8.93. The van der Waals surface area contributed by atoms with Gasteiger partial charge in [-0.3, -0.25) is 4.90 Å². The van der Waals surface area contributed by atoms with E-state index in [9.17, 15) is 0 Å². The Morgan fingerprint density at radius 2 is 2.00 bits per heavy atom. The first-order valence-electron chi connectivity index (χ1n) is 4.24. The van der Waals surface area contributed by atoms with Gasteiger partial charge in [-0.15, -0.1) is 40.2 Å². The molecule has 1 rings (SSSR count). The highest BCUT2D eigenvalue weighted by Crippen LogP contribution is 2.17. The van der Waals surface area contributed by atoms with Gasteiger partial charge in [-0.25, -0.2) is 0 Å². The van der Waals surface area contributed by atoms with Gasteiger partial charge in [0.05, 0.1) is 0 Å². The zero-order valence-electron chi connectivity index (χ0n) is 7.14. The molecule has 0 aromatic rings. The van der Waals surface area contributed by atoms with Crippen molar-refractivity contribution in [3.05, 3.63) is 0 Å². The third-order valence-electron chi connectivity index (χ3n) is 2.30. The highest BCUT2D eigenvalue weighted by atomic mass is 79.9. The molecule has 0 aromatic carbocycles. The summed E-state index contributed by atoms with van der Waals surface area (Å²) in [7, 11) is 0. The first-order valence-corrected chi connectivity index (χ1v) is 5.31. The first-order chi connectivity index (χ1) is 5.38. The predicted molar refractivity (Wildman–Crippen MR) is 61.0 cm³/mol. The fourth-order valence-electron chi connectivity index (χ4n) is 1.64. The Bertz CT molecular complexity index is 111. The van der Waals surface area contributed by atoms with Gasteiger partial charge < -0.3 is 0 Å². The van der Waals surface area contributed by atoms with E-state index in [1.165, 1.54) is 25.8 Å². The molecule has 0 aliphatic carbocycles. The van der Waals surface area contributed by atoms with E-state index in [0.29, 0.717) is 6.04 Å². The molecule has 0 saturated carbocycles. The van der Waals surface area contributed by atoms with Crippen molar-refractivity contribution in [1.82, 2.24) is 4.90 Å². The van der Waals surface area contributed by atoms with Crippen LogP contribution in [-0.4, -0.2) is 35.8 Å². The molecule has 1 nitrogen and oxygen atoms in total. The quantitative estimate of drug-likeness (QED) is 0.717. The lowest BCUT2D eigenvalue weighted by Crippen LogP contribution is -2.41. The lowest BCUT2D eigenvalue weighted by molar-refractivity contribution is 0.173. The number of halogens is 3. The molecule has 0 N–H and O–H groups in total. The highest BCUT2D eigenvalue weighted by Gasteiger charge is 2.20. The summed E-state index contributed by atoms with van der Waals surface area (Å²) in [4.78, 5) is 2.41. The third-order valence-corrected chi connectivity index (χ3v) is 2.82. The van der Waals surface area contributed by atoms with Crippen LogP contribution in [0.1, 0.15) is 19.3 Å². The molecular weight excluding hydrogens is 261 g/mol. The van der Waals surface area contributed by atoms with Crippen LogP contribution in [0, 0.1) is 0 Å². The Kier molecular flexibility index (Phi) is 8.06. The standard InChI is InChI=1S/C8H15Cl2N.BrH/c9-4-6-11-5-2-1-3-8(11)7-10;/h8H,1-7H2;1H. The Hall–Kier alpha value is 1.02. The van der Waals surface area contributed by atoms with Crippen LogP contribution in [-0.2, 0) is 0 Å². The molecule has 1 atom stereocenters. The van der Waals surface area contributed by atoms with E-state index in [-0.39, 0.29) is 17.0 Å². The normalized spacial score (nSPS) is 25.0. The summed E-state index contributed by atoms with van der Waals surface area (Å²) in [5.74, 6) is 1.49. The summed E-state index contributed by atoms with van der Waals surface area (Å²) in [6.07, 6.45) is 3.89. The smallest absolute Gasteiger partial charge is 0.0379 e. The van der Waals surface area contributed by atoms with E-state index >= 15 is 0 Å². The summed E-state index contributed by atoms with van der Waals surface area (Å²) < 4.78 is 0. The SMILES string of the molecule is Br.ClCCN1CCCCC1CCl. The maximum Gasteiger partial charge on any atom is 0.0379 e. The van der Waals surface area contributed by atoms with Gasteiger partial charge in [0.1, 0.15) is 0 Å². The van der Waals surface area contributed by atoms with Crippen LogP contribution in [0.25, 0.3) is 0 Å². The van der Waals surface area contributed by atoms with Crippen LogP contribution >= 0.6 is 40.2 Å². The fourth-order valence-corrected chi connectivity index (χ4v) is 2.20. The zero-order chi connectivity index (χ0) is 8.10. The number of piperidine rings is 1.